The summed E-state index contributed by atoms with van der Waals surface area (Å²) in [4.78, 5) is 23.3. The molecule has 0 radical (unpaired) electrons. The van der Waals surface area contributed by atoms with Crippen LogP contribution in [0.5, 0.6) is 0 Å². The minimum absolute atomic E-state index is 0.0169. The maximum atomic E-state index is 13.7. The number of rotatable bonds is 4. The van der Waals surface area contributed by atoms with Crippen LogP contribution in [0.4, 0.5) is 10.1 Å². The molecule has 2 rings (SSSR count). The fourth-order valence-corrected chi connectivity index (χ4v) is 2.56. The number of piperidine rings is 1. The topological polar surface area (TPSA) is 84.2 Å². The highest BCUT2D eigenvalue weighted by Crippen LogP contribution is 2.21. The lowest BCUT2D eigenvalue weighted by atomic mass is 9.90. The van der Waals surface area contributed by atoms with E-state index in [4.69, 9.17) is 5.73 Å². The lowest BCUT2D eigenvalue weighted by Gasteiger charge is -2.28. The van der Waals surface area contributed by atoms with E-state index in [1.807, 2.05) is 0 Å². The van der Waals surface area contributed by atoms with Crippen molar-refractivity contribution in [1.29, 1.82) is 0 Å². The number of amides is 2. The van der Waals surface area contributed by atoms with Gasteiger partial charge in [-0.15, -0.1) is 0 Å². The van der Waals surface area contributed by atoms with Crippen LogP contribution >= 0.6 is 0 Å². The summed E-state index contributed by atoms with van der Waals surface area (Å²) in [6.07, 6.45) is 2.81. The second kappa shape index (κ2) is 6.67. The predicted octanol–water partition coefficient (Wildman–Crippen LogP) is 1.64. The van der Waals surface area contributed by atoms with Crippen LogP contribution in [0.3, 0.4) is 0 Å². The number of carbonyl (C=O) groups is 2. The zero-order valence-electron chi connectivity index (χ0n) is 12.0. The number of primary amides is 1. The van der Waals surface area contributed by atoms with Crippen molar-refractivity contribution in [2.45, 2.75) is 32.2 Å². The molecule has 0 spiro atoms. The molecule has 0 aromatic heterocycles. The summed E-state index contributed by atoms with van der Waals surface area (Å²) in [5.74, 6) is -1.03. The molecule has 114 valence electrons. The smallest absolute Gasteiger partial charge is 0.248 e. The van der Waals surface area contributed by atoms with Gasteiger partial charge in [-0.05, 0) is 43.5 Å². The van der Waals surface area contributed by atoms with E-state index in [0.29, 0.717) is 5.92 Å². The number of hydrogen-bond acceptors (Lipinski definition) is 3. The third-order valence-corrected chi connectivity index (χ3v) is 3.91. The van der Waals surface area contributed by atoms with Crippen molar-refractivity contribution < 1.29 is 14.0 Å². The second-order valence-corrected chi connectivity index (χ2v) is 5.35. The molecule has 6 heteroatoms. The van der Waals surface area contributed by atoms with Crippen molar-refractivity contribution in [2.24, 2.45) is 11.7 Å². The number of carbonyl (C=O) groups excluding carboxylic acids is 2. The fraction of sp³-hybridized carbons (Fsp3) is 0.467. The van der Waals surface area contributed by atoms with Gasteiger partial charge in [-0.1, -0.05) is 13.3 Å². The lowest BCUT2D eigenvalue weighted by Crippen LogP contribution is -2.46. The largest absolute Gasteiger partial charge is 0.366 e. The van der Waals surface area contributed by atoms with Gasteiger partial charge >= 0.3 is 0 Å². The molecule has 1 aliphatic rings. The predicted molar refractivity (Wildman–Crippen MR) is 78.4 cm³/mol. The van der Waals surface area contributed by atoms with Crippen molar-refractivity contribution in [3.63, 3.8) is 0 Å². The molecule has 2 amide bonds. The van der Waals surface area contributed by atoms with Gasteiger partial charge < -0.3 is 16.4 Å². The van der Waals surface area contributed by atoms with Crippen molar-refractivity contribution in [3.05, 3.63) is 29.6 Å². The van der Waals surface area contributed by atoms with Crippen molar-refractivity contribution >= 4 is 17.5 Å². The molecule has 2 atom stereocenters. The molecular weight excluding hydrogens is 273 g/mol. The Morgan fingerprint density at radius 2 is 2.24 bits per heavy atom. The first-order valence-corrected chi connectivity index (χ1v) is 7.14. The van der Waals surface area contributed by atoms with Gasteiger partial charge in [0.1, 0.15) is 5.82 Å². The van der Waals surface area contributed by atoms with E-state index < -0.39 is 11.7 Å². The SMILES string of the molecule is CCC1CCNC(C(=O)Nc2cc(C(N)=O)ccc2F)C1. The summed E-state index contributed by atoms with van der Waals surface area (Å²) in [5, 5.41) is 5.67. The lowest BCUT2D eigenvalue weighted by molar-refractivity contribution is -0.119. The summed E-state index contributed by atoms with van der Waals surface area (Å²) in [6.45, 7) is 2.88. The van der Waals surface area contributed by atoms with Crippen LogP contribution < -0.4 is 16.4 Å². The maximum absolute atomic E-state index is 13.7. The minimum Gasteiger partial charge on any atom is -0.366 e. The van der Waals surface area contributed by atoms with Gasteiger partial charge in [0.2, 0.25) is 11.8 Å². The molecule has 21 heavy (non-hydrogen) atoms. The van der Waals surface area contributed by atoms with E-state index in [9.17, 15) is 14.0 Å². The number of halogens is 1. The Balaban J connectivity index is 2.08. The third-order valence-electron chi connectivity index (χ3n) is 3.91. The van der Waals surface area contributed by atoms with Gasteiger partial charge in [0.05, 0.1) is 11.7 Å². The minimum atomic E-state index is -0.660. The van der Waals surface area contributed by atoms with Crippen molar-refractivity contribution in [2.75, 3.05) is 11.9 Å². The molecule has 4 N–H and O–H groups in total. The normalized spacial score (nSPS) is 21.8. The summed E-state index contributed by atoms with van der Waals surface area (Å²) in [6, 6.07) is 3.34. The standard InChI is InChI=1S/C15H20FN3O2/c1-2-9-5-6-18-13(7-9)15(21)19-12-8-10(14(17)20)3-4-11(12)16/h3-4,8-9,13,18H,2,5-7H2,1H3,(H2,17,20)(H,19,21). The average molecular weight is 293 g/mol. The van der Waals surface area contributed by atoms with E-state index >= 15 is 0 Å². The first kappa shape index (κ1) is 15.4. The second-order valence-electron chi connectivity index (χ2n) is 5.35. The van der Waals surface area contributed by atoms with Crippen LogP contribution in [0.1, 0.15) is 36.5 Å². The Labute approximate surface area is 123 Å². The van der Waals surface area contributed by atoms with Crippen LogP contribution in [-0.4, -0.2) is 24.4 Å². The molecular formula is C15H20FN3O2. The maximum Gasteiger partial charge on any atom is 0.248 e. The molecule has 1 heterocycles. The molecule has 5 nitrogen and oxygen atoms in total. The van der Waals surface area contributed by atoms with Crippen LogP contribution in [0, 0.1) is 11.7 Å². The van der Waals surface area contributed by atoms with E-state index in [1.165, 1.54) is 12.1 Å². The van der Waals surface area contributed by atoms with Crippen molar-refractivity contribution in [3.8, 4) is 0 Å². The van der Waals surface area contributed by atoms with E-state index in [2.05, 4.69) is 17.6 Å². The average Bonchev–Trinajstić information content (AvgIpc) is 2.49. The molecule has 0 bridgehead atoms. The zero-order valence-corrected chi connectivity index (χ0v) is 12.0. The summed E-state index contributed by atoms with van der Waals surface area (Å²) >= 11 is 0. The van der Waals surface area contributed by atoms with E-state index in [1.54, 1.807) is 0 Å². The highest BCUT2D eigenvalue weighted by Gasteiger charge is 2.26. The Kier molecular flexibility index (Phi) is 4.90. The molecule has 1 aliphatic heterocycles. The first-order chi connectivity index (χ1) is 10.0. The molecule has 0 saturated carbocycles. The summed E-state index contributed by atoms with van der Waals surface area (Å²) < 4.78 is 13.7. The number of nitrogens with two attached hydrogens (primary N) is 1. The molecule has 1 saturated heterocycles. The molecule has 1 aromatic rings. The summed E-state index contributed by atoms with van der Waals surface area (Å²) in [7, 11) is 0. The first-order valence-electron chi connectivity index (χ1n) is 7.14. The number of hydrogen-bond donors (Lipinski definition) is 3. The number of anilines is 1. The molecule has 2 unspecified atom stereocenters. The van der Waals surface area contributed by atoms with Crippen LogP contribution in [0.25, 0.3) is 0 Å². The highest BCUT2D eigenvalue weighted by atomic mass is 19.1. The third kappa shape index (κ3) is 3.78. The fourth-order valence-electron chi connectivity index (χ4n) is 2.56. The summed E-state index contributed by atoms with van der Waals surface area (Å²) in [5.41, 5.74) is 5.30. The van der Waals surface area contributed by atoms with Gasteiger partial charge in [-0.3, -0.25) is 9.59 Å². The van der Waals surface area contributed by atoms with Gasteiger partial charge in [-0.25, -0.2) is 4.39 Å². The number of nitrogens with one attached hydrogen (secondary N) is 2. The van der Waals surface area contributed by atoms with Gasteiger partial charge in [-0.2, -0.15) is 0 Å². The van der Waals surface area contributed by atoms with Crippen LogP contribution in [0.15, 0.2) is 18.2 Å². The highest BCUT2D eigenvalue weighted by molar-refractivity contribution is 5.98. The Morgan fingerprint density at radius 1 is 1.48 bits per heavy atom. The Bertz CT molecular complexity index is 548. The monoisotopic (exact) mass is 293 g/mol. The Morgan fingerprint density at radius 3 is 2.90 bits per heavy atom. The van der Waals surface area contributed by atoms with Gasteiger partial charge in [0.25, 0.3) is 0 Å². The number of benzene rings is 1. The van der Waals surface area contributed by atoms with E-state index in [-0.39, 0.29) is 23.2 Å². The van der Waals surface area contributed by atoms with E-state index in [0.717, 1.165) is 31.9 Å². The van der Waals surface area contributed by atoms with Gasteiger partial charge in [0, 0.05) is 5.56 Å². The molecule has 1 fully saturated rings. The van der Waals surface area contributed by atoms with Crippen LogP contribution in [0.2, 0.25) is 0 Å². The van der Waals surface area contributed by atoms with Crippen LogP contribution in [-0.2, 0) is 4.79 Å². The molecule has 1 aromatic carbocycles. The zero-order chi connectivity index (χ0) is 15.4. The van der Waals surface area contributed by atoms with Gasteiger partial charge in [0.15, 0.2) is 0 Å². The Hall–Kier alpha value is -1.95. The quantitative estimate of drug-likeness (QED) is 0.789. The molecule has 0 aliphatic carbocycles. The van der Waals surface area contributed by atoms with Crippen molar-refractivity contribution in [1.82, 2.24) is 5.32 Å².